The number of anilines is 1. The van der Waals surface area contributed by atoms with Crippen LogP contribution in [0.3, 0.4) is 0 Å². The first-order valence-corrected chi connectivity index (χ1v) is 8.01. The van der Waals surface area contributed by atoms with E-state index in [-0.39, 0.29) is 24.9 Å². The molecule has 2 rings (SSSR count). The van der Waals surface area contributed by atoms with Crippen molar-refractivity contribution in [3.8, 4) is 17.6 Å². The average molecular weight is 352 g/mol. The second-order valence-electron chi connectivity index (χ2n) is 5.65. The van der Waals surface area contributed by atoms with Gasteiger partial charge in [0.2, 0.25) is 5.91 Å². The molecule has 3 amide bonds. The molecule has 0 saturated heterocycles. The molecule has 7 heteroatoms. The van der Waals surface area contributed by atoms with E-state index in [2.05, 4.69) is 16.7 Å². The number of nitrogens with zero attached hydrogens (tertiary/aromatic N) is 2. The summed E-state index contributed by atoms with van der Waals surface area (Å²) in [5.74, 6) is 0.971. The van der Waals surface area contributed by atoms with Crippen LogP contribution in [0.4, 0.5) is 10.5 Å². The molecule has 2 aromatic rings. The van der Waals surface area contributed by atoms with Gasteiger partial charge in [-0.25, -0.2) is 4.79 Å². The van der Waals surface area contributed by atoms with Crippen molar-refractivity contribution in [2.45, 2.75) is 6.42 Å². The molecular formula is C19H20N4O3. The van der Waals surface area contributed by atoms with Gasteiger partial charge < -0.3 is 20.3 Å². The fourth-order valence-corrected chi connectivity index (χ4v) is 2.06. The van der Waals surface area contributed by atoms with Crippen molar-refractivity contribution < 1.29 is 14.3 Å². The summed E-state index contributed by atoms with van der Waals surface area (Å²) in [6.45, 7) is 0.259. The summed E-state index contributed by atoms with van der Waals surface area (Å²) in [6.07, 6.45) is 0.242. The van der Waals surface area contributed by atoms with Crippen LogP contribution in [0.25, 0.3) is 0 Å². The molecular weight excluding hydrogens is 332 g/mol. The highest BCUT2D eigenvalue weighted by Crippen LogP contribution is 2.25. The largest absolute Gasteiger partial charge is 0.456 e. The molecule has 0 heterocycles. The Morgan fingerprint density at radius 3 is 2.46 bits per heavy atom. The van der Waals surface area contributed by atoms with Gasteiger partial charge in [-0.2, -0.15) is 5.26 Å². The van der Waals surface area contributed by atoms with E-state index in [4.69, 9.17) is 10.00 Å². The maximum Gasteiger partial charge on any atom is 0.319 e. The summed E-state index contributed by atoms with van der Waals surface area (Å²) in [5.41, 5.74) is 1.03. The highest BCUT2D eigenvalue weighted by Gasteiger charge is 2.07. The zero-order chi connectivity index (χ0) is 18.9. The van der Waals surface area contributed by atoms with Crippen LogP contribution in [0.1, 0.15) is 12.0 Å². The lowest BCUT2D eigenvalue weighted by atomic mass is 10.2. The number of carbonyl (C=O) groups excluding carboxylic acids is 2. The predicted molar refractivity (Wildman–Crippen MR) is 98.0 cm³/mol. The van der Waals surface area contributed by atoms with Crippen LogP contribution in [0, 0.1) is 11.3 Å². The maximum absolute atomic E-state index is 11.8. The van der Waals surface area contributed by atoms with Crippen molar-refractivity contribution in [1.29, 1.82) is 5.26 Å². The van der Waals surface area contributed by atoms with Crippen LogP contribution < -0.4 is 15.4 Å². The lowest BCUT2D eigenvalue weighted by molar-refractivity contribution is -0.128. The number of benzene rings is 2. The van der Waals surface area contributed by atoms with Crippen LogP contribution >= 0.6 is 0 Å². The van der Waals surface area contributed by atoms with Crippen molar-refractivity contribution >= 4 is 17.6 Å². The predicted octanol–water partition coefficient (Wildman–Crippen LogP) is 2.95. The molecule has 0 unspecified atom stereocenters. The first-order valence-electron chi connectivity index (χ1n) is 8.01. The summed E-state index contributed by atoms with van der Waals surface area (Å²) in [6, 6.07) is 15.4. The maximum atomic E-state index is 11.8. The van der Waals surface area contributed by atoms with Crippen LogP contribution in [0.5, 0.6) is 11.5 Å². The molecule has 0 bridgehead atoms. The summed E-state index contributed by atoms with van der Waals surface area (Å²) < 4.78 is 5.68. The third kappa shape index (κ3) is 5.53. The monoisotopic (exact) mass is 352 g/mol. The summed E-state index contributed by atoms with van der Waals surface area (Å²) in [5, 5.41) is 14.4. The minimum Gasteiger partial charge on any atom is -0.456 e. The Labute approximate surface area is 152 Å². The first kappa shape index (κ1) is 18.8. The highest BCUT2D eigenvalue weighted by atomic mass is 16.5. The molecule has 134 valence electrons. The van der Waals surface area contributed by atoms with Gasteiger partial charge in [0.15, 0.2) is 0 Å². The molecule has 0 spiro atoms. The third-order valence-corrected chi connectivity index (χ3v) is 3.47. The standard InChI is InChI=1S/C19H20N4O3/c1-23(2)18(24)11-12-21-19(25)22-15-7-9-16(10-8-15)26-17-6-4-3-5-14(17)13-20/h3-10H,11-12H2,1-2H3,(H2,21,22,25). The van der Waals surface area contributed by atoms with E-state index in [1.807, 2.05) is 0 Å². The molecule has 0 fully saturated rings. The van der Waals surface area contributed by atoms with Gasteiger partial charge in [-0.15, -0.1) is 0 Å². The molecule has 0 aliphatic rings. The number of urea groups is 1. The average Bonchev–Trinajstić information content (AvgIpc) is 2.63. The van der Waals surface area contributed by atoms with Crippen molar-refractivity contribution in [2.24, 2.45) is 0 Å². The zero-order valence-corrected chi connectivity index (χ0v) is 14.7. The van der Waals surface area contributed by atoms with Crippen LogP contribution in [-0.4, -0.2) is 37.5 Å². The summed E-state index contributed by atoms with van der Waals surface area (Å²) in [4.78, 5) is 24.7. The molecule has 0 aliphatic carbocycles. The lowest BCUT2D eigenvalue weighted by Crippen LogP contribution is -2.33. The van der Waals surface area contributed by atoms with Gasteiger partial charge in [0.1, 0.15) is 17.6 Å². The zero-order valence-electron chi connectivity index (χ0n) is 14.7. The number of nitrogens with one attached hydrogen (secondary N) is 2. The second-order valence-corrected chi connectivity index (χ2v) is 5.65. The quantitative estimate of drug-likeness (QED) is 0.836. The van der Waals surface area contributed by atoms with Gasteiger partial charge in [0.05, 0.1) is 5.56 Å². The normalized spacial score (nSPS) is 9.73. The van der Waals surface area contributed by atoms with E-state index in [1.165, 1.54) is 4.90 Å². The summed E-state index contributed by atoms with van der Waals surface area (Å²) in [7, 11) is 3.34. The molecule has 0 saturated carbocycles. The smallest absolute Gasteiger partial charge is 0.319 e. The van der Waals surface area contributed by atoms with E-state index < -0.39 is 0 Å². The molecule has 2 N–H and O–H groups in total. The number of rotatable bonds is 6. The minimum absolute atomic E-state index is 0.0514. The third-order valence-electron chi connectivity index (χ3n) is 3.47. The number of amides is 3. The molecule has 2 aromatic carbocycles. The SMILES string of the molecule is CN(C)C(=O)CCNC(=O)Nc1ccc(Oc2ccccc2C#N)cc1. The Bertz CT molecular complexity index is 810. The number of para-hydroxylation sites is 1. The number of carbonyl (C=O) groups is 2. The van der Waals surface area contributed by atoms with Crippen molar-refractivity contribution in [3.63, 3.8) is 0 Å². The number of ether oxygens (including phenoxy) is 1. The van der Waals surface area contributed by atoms with E-state index in [0.29, 0.717) is 22.7 Å². The van der Waals surface area contributed by atoms with Gasteiger partial charge >= 0.3 is 6.03 Å². The van der Waals surface area contributed by atoms with E-state index in [1.54, 1.807) is 62.6 Å². The topological polar surface area (TPSA) is 94.5 Å². The van der Waals surface area contributed by atoms with Crippen LogP contribution in [-0.2, 0) is 4.79 Å². The molecule has 7 nitrogen and oxygen atoms in total. The minimum atomic E-state index is -0.389. The number of nitriles is 1. The Morgan fingerprint density at radius 2 is 1.81 bits per heavy atom. The van der Waals surface area contributed by atoms with Gasteiger partial charge in [-0.1, -0.05) is 12.1 Å². The number of hydrogen-bond donors (Lipinski definition) is 2. The first-order chi connectivity index (χ1) is 12.5. The Kier molecular flexibility index (Phi) is 6.57. The van der Waals surface area contributed by atoms with Crippen molar-refractivity contribution in [1.82, 2.24) is 10.2 Å². The Morgan fingerprint density at radius 1 is 1.12 bits per heavy atom. The van der Waals surface area contributed by atoms with Gasteiger partial charge in [0.25, 0.3) is 0 Å². The van der Waals surface area contributed by atoms with Gasteiger partial charge in [-0.3, -0.25) is 4.79 Å². The molecule has 0 aliphatic heterocycles. The van der Waals surface area contributed by atoms with Crippen molar-refractivity contribution in [2.75, 3.05) is 26.0 Å². The van der Waals surface area contributed by atoms with E-state index in [0.717, 1.165) is 0 Å². The van der Waals surface area contributed by atoms with Crippen LogP contribution in [0.2, 0.25) is 0 Å². The van der Waals surface area contributed by atoms with Gasteiger partial charge in [0, 0.05) is 32.7 Å². The second kappa shape index (κ2) is 9.08. The van der Waals surface area contributed by atoms with E-state index >= 15 is 0 Å². The fourth-order valence-electron chi connectivity index (χ4n) is 2.06. The number of hydrogen-bond acceptors (Lipinski definition) is 4. The van der Waals surface area contributed by atoms with Crippen LogP contribution in [0.15, 0.2) is 48.5 Å². The lowest BCUT2D eigenvalue weighted by Gasteiger charge is -2.11. The van der Waals surface area contributed by atoms with E-state index in [9.17, 15) is 9.59 Å². The highest BCUT2D eigenvalue weighted by molar-refractivity contribution is 5.89. The summed E-state index contributed by atoms with van der Waals surface area (Å²) >= 11 is 0. The molecule has 0 atom stereocenters. The Hall–Kier alpha value is -3.53. The molecule has 0 aromatic heterocycles. The molecule has 26 heavy (non-hydrogen) atoms. The van der Waals surface area contributed by atoms with Crippen molar-refractivity contribution in [3.05, 3.63) is 54.1 Å². The van der Waals surface area contributed by atoms with Gasteiger partial charge in [-0.05, 0) is 36.4 Å². The molecule has 0 radical (unpaired) electrons. The Balaban J connectivity index is 1.86. The fraction of sp³-hybridized carbons (Fsp3) is 0.211.